The van der Waals surface area contributed by atoms with Gasteiger partial charge in [0.1, 0.15) is 5.52 Å². The summed E-state index contributed by atoms with van der Waals surface area (Å²) in [6.45, 7) is 1.82. The summed E-state index contributed by atoms with van der Waals surface area (Å²) in [5.41, 5.74) is 2.34. The number of carbonyl (C=O) groups excluding carboxylic acids is 1. The van der Waals surface area contributed by atoms with Crippen molar-refractivity contribution in [3.8, 4) is 0 Å². The summed E-state index contributed by atoms with van der Waals surface area (Å²) in [4.78, 5) is 16.3. The summed E-state index contributed by atoms with van der Waals surface area (Å²) in [5, 5.41) is 2.97. The zero-order valence-corrected chi connectivity index (χ0v) is 11.8. The predicted octanol–water partition coefficient (Wildman–Crippen LogP) is 4.05. The third kappa shape index (κ3) is 3.00. The topological polar surface area (TPSA) is 55.1 Å². The number of rotatable bonds is 3. The number of anilines is 1. The molecule has 0 radical (unpaired) electrons. The maximum absolute atomic E-state index is 12.1. The van der Waals surface area contributed by atoms with Crippen molar-refractivity contribution < 1.29 is 9.21 Å². The summed E-state index contributed by atoms with van der Waals surface area (Å²) in [5.74, 6) is 1.31. The molecule has 4 nitrogen and oxygen atoms in total. The van der Waals surface area contributed by atoms with E-state index in [0.29, 0.717) is 18.2 Å². The van der Waals surface area contributed by atoms with Gasteiger partial charge in [0.05, 0.1) is 0 Å². The van der Waals surface area contributed by atoms with Gasteiger partial charge in [0.25, 0.3) is 0 Å². The average molecular weight is 272 g/mol. The second-order valence-electron chi connectivity index (χ2n) is 5.67. The SMILES string of the molecule is Cc1nc2cc(NC(=O)CC3CCCCC3)ccc2o1. The molecule has 0 unspecified atom stereocenters. The lowest BCUT2D eigenvalue weighted by Crippen LogP contribution is -2.18. The molecule has 1 aliphatic carbocycles. The number of hydrogen-bond acceptors (Lipinski definition) is 3. The lowest BCUT2D eigenvalue weighted by molar-refractivity contribution is -0.117. The van der Waals surface area contributed by atoms with E-state index < -0.39 is 0 Å². The first kappa shape index (κ1) is 13.2. The Labute approximate surface area is 118 Å². The Hall–Kier alpha value is -1.84. The van der Waals surface area contributed by atoms with Crippen LogP contribution in [0.3, 0.4) is 0 Å². The largest absolute Gasteiger partial charge is 0.441 e. The fourth-order valence-corrected chi connectivity index (χ4v) is 2.99. The van der Waals surface area contributed by atoms with E-state index in [2.05, 4.69) is 10.3 Å². The molecule has 0 atom stereocenters. The molecule has 1 amide bonds. The molecule has 0 bridgehead atoms. The number of fused-ring (bicyclic) bond motifs is 1. The van der Waals surface area contributed by atoms with Crippen LogP contribution in [0.5, 0.6) is 0 Å². The number of hydrogen-bond donors (Lipinski definition) is 1. The van der Waals surface area contributed by atoms with Gasteiger partial charge in [-0.3, -0.25) is 4.79 Å². The summed E-state index contributed by atoms with van der Waals surface area (Å²) in [7, 11) is 0. The van der Waals surface area contributed by atoms with Crippen LogP contribution in [0.1, 0.15) is 44.4 Å². The molecule has 1 aliphatic rings. The molecule has 1 aromatic heterocycles. The first-order chi connectivity index (χ1) is 9.70. The van der Waals surface area contributed by atoms with Crippen LogP contribution in [0, 0.1) is 12.8 Å². The Morgan fingerprint density at radius 3 is 2.95 bits per heavy atom. The van der Waals surface area contributed by atoms with Gasteiger partial charge in [-0.05, 0) is 37.0 Å². The first-order valence-electron chi connectivity index (χ1n) is 7.38. The quantitative estimate of drug-likeness (QED) is 0.917. The summed E-state index contributed by atoms with van der Waals surface area (Å²) >= 11 is 0. The highest BCUT2D eigenvalue weighted by Gasteiger charge is 2.17. The van der Waals surface area contributed by atoms with Crippen LogP contribution in [-0.2, 0) is 4.79 Å². The number of benzene rings is 1. The fraction of sp³-hybridized carbons (Fsp3) is 0.500. The molecule has 1 saturated carbocycles. The van der Waals surface area contributed by atoms with Crippen LogP contribution >= 0.6 is 0 Å². The van der Waals surface area contributed by atoms with Crippen LogP contribution in [0.4, 0.5) is 5.69 Å². The molecule has 3 rings (SSSR count). The molecule has 1 heterocycles. The second-order valence-corrected chi connectivity index (χ2v) is 5.67. The lowest BCUT2D eigenvalue weighted by atomic mass is 9.87. The highest BCUT2D eigenvalue weighted by atomic mass is 16.3. The van der Waals surface area contributed by atoms with Gasteiger partial charge in [-0.15, -0.1) is 0 Å². The molecule has 20 heavy (non-hydrogen) atoms. The van der Waals surface area contributed by atoms with Crippen molar-refractivity contribution in [1.82, 2.24) is 4.98 Å². The Bertz CT molecular complexity index is 612. The highest BCUT2D eigenvalue weighted by Crippen LogP contribution is 2.27. The number of carbonyl (C=O) groups is 1. The van der Waals surface area contributed by atoms with Gasteiger partial charge < -0.3 is 9.73 Å². The van der Waals surface area contributed by atoms with E-state index in [4.69, 9.17) is 4.42 Å². The van der Waals surface area contributed by atoms with Gasteiger partial charge in [0, 0.05) is 19.0 Å². The van der Waals surface area contributed by atoms with Gasteiger partial charge in [-0.25, -0.2) is 4.98 Å². The minimum atomic E-state index is 0.108. The average Bonchev–Trinajstić information content (AvgIpc) is 2.79. The van der Waals surface area contributed by atoms with Crippen molar-refractivity contribution in [2.24, 2.45) is 5.92 Å². The number of aryl methyl sites for hydroxylation is 1. The Kier molecular flexibility index (Phi) is 3.72. The van der Waals surface area contributed by atoms with E-state index in [9.17, 15) is 4.79 Å². The van der Waals surface area contributed by atoms with Crippen molar-refractivity contribution in [2.75, 3.05) is 5.32 Å². The van der Waals surface area contributed by atoms with Crippen LogP contribution in [0.15, 0.2) is 22.6 Å². The van der Waals surface area contributed by atoms with E-state index in [1.165, 1.54) is 32.1 Å². The van der Waals surface area contributed by atoms with Crippen molar-refractivity contribution in [2.45, 2.75) is 45.4 Å². The standard InChI is InChI=1S/C16H20N2O2/c1-11-17-14-10-13(7-8-15(14)20-11)18-16(19)9-12-5-3-2-4-6-12/h7-8,10,12H,2-6,9H2,1H3,(H,18,19). The van der Waals surface area contributed by atoms with E-state index in [1.807, 2.05) is 25.1 Å². The normalized spacial score (nSPS) is 16.4. The summed E-state index contributed by atoms with van der Waals surface area (Å²) in [6, 6.07) is 5.59. The van der Waals surface area contributed by atoms with E-state index in [-0.39, 0.29) is 5.91 Å². The zero-order chi connectivity index (χ0) is 13.9. The Morgan fingerprint density at radius 2 is 2.15 bits per heavy atom. The van der Waals surface area contributed by atoms with Gasteiger partial charge in [0.2, 0.25) is 5.91 Å². The third-order valence-electron chi connectivity index (χ3n) is 3.98. The molecule has 1 fully saturated rings. The predicted molar refractivity (Wildman–Crippen MR) is 78.6 cm³/mol. The highest BCUT2D eigenvalue weighted by molar-refractivity contribution is 5.92. The van der Waals surface area contributed by atoms with Crippen LogP contribution < -0.4 is 5.32 Å². The molecular formula is C16H20N2O2. The lowest BCUT2D eigenvalue weighted by Gasteiger charge is -2.20. The minimum absolute atomic E-state index is 0.108. The van der Waals surface area contributed by atoms with Gasteiger partial charge in [0.15, 0.2) is 11.5 Å². The number of aromatic nitrogens is 1. The van der Waals surface area contributed by atoms with Crippen LogP contribution in [-0.4, -0.2) is 10.9 Å². The van der Waals surface area contributed by atoms with E-state index >= 15 is 0 Å². The molecule has 106 valence electrons. The molecule has 2 aromatic rings. The molecule has 0 spiro atoms. The molecule has 1 aromatic carbocycles. The molecule has 0 saturated heterocycles. The van der Waals surface area contributed by atoms with Gasteiger partial charge >= 0.3 is 0 Å². The smallest absolute Gasteiger partial charge is 0.224 e. The van der Waals surface area contributed by atoms with Crippen LogP contribution in [0.25, 0.3) is 11.1 Å². The molecular weight excluding hydrogens is 252 g/mol. The minimum Gasteiger partial charge on any atom is -0.441 e. The molecule has 0 aliphatic heterocycles. The van der Waals surface area contributed by atoms with Crippen molar-refractivity contribution in [3.05, 3.63) is 24.1 Å². The van der Waals surface area contributed by atoms with E-state index in [1.54, 1.807) is 0 Å². The van der Waals surface area contributed by atoms with Crippen LogP contribution in [0.2, 0.25) is 0 Å². The summed E-state index contributed by atoms with van der Waals surface area (Å²) < 4.78 is 5.43. The van der Waals surface area contributed by atoms with Crippen molar-refractivity contribution in [3.63, 3.8) is 0 Å². The summed E-state index contributed by atoms with van der Waals surface area (Å²) in [6.07, 6.45) is 6.87. The number of nitrogens with one attached hydrogen (secondary N) is 1. The Morgan fingerprint density at radius 1 is 1.35 bits per heavy atom. The second kappa shape index (κ2) is 5.65. The monoisotopic (exact) mass is 272 g/mol. The maximum atomic E-state index is 12.1. The zero-order valence-electron chi connectivity index (χ0n) is 11.8. The third-order valence-corrected chi connectivity index (χ3v) is 3.98. The van der Waals surface area contributed by atoms with Crippen molar-refractivity contribution >= 4 is 22.7 Å². The maximum Gasteiger partial charge on any atom is 0.224 e. The molecule has 1 N–H and O–H groups in total. The number of amides is 1. The van der Waals surface area contributed by atoms with Gasteiger partial charge in [-0.2, -0.15) is 0 Å². The molecule has 4 heteroatoms. The fourth-order valence-electron chi connectivity index (χ4n) is 2.99. The Balaban J connectivity index is 1.64. The number of oxazole rings is 1. The van der Waals surface area contributed by atoms with Crippen molar-refractivity contribution in [1.29, 1.82) is 0 Å². The first-order valence-corrected chi connectivity index (χ1v) is 7.38. The van der Waals surface area contributed by atoms with Gasteiger partial charge in [-0.1, -0.05) is 19.3 Å². The number of nitrogens with zero attached hydrogens (tertiary/aromatic N) is 1. The van der Waals surface area contributed by atoms with E-state index in [0.717, 1.165) is 16.8 Å².